The largest absolute Gasteiger partial charge is 0.395 e. The Morgan fingerprint density at radius 1 is 1.71 bits per heavy atom. The molecule has 0 fully saturated rings. The number of aliphatic hydroxyl groups is 1. The van der Waals surface area contributed by atoms with Crippen molar-refractivity contribution >= 4 is 17.7 Å². The van der Waals surface area contributed by atoms with Gasteiger partial charge < -0.3 is 10.8 Å². The van der Waals surface area contributed by atoms with Gasteiger partial charge in [0.2, 0.25) is 5.91 Å². The highest BCUT2D eigenvalue weighted by Gasteiger charge is 2.05. The molecule has 1 atom stereocenters. The number of carbonyl (C=O) groups excluding carboxylic acids is 1. The maximum Gasteiger partial charge on any atom is 0.250 e. The van der Waals surface area contributed by atoms with E-state index in [4.69, 9.17) is 10.8 Å². The van der Waals surface area contributed by atoms with E-state index >= 15 is 0 Å². The monoisotopic (exact) mass is 212 g/mol. The summed E-state index contributed by atoms with van der Waals surface area (Å²) in [6.07, 6.45) is 1.44. The first-order valence-corrected chi connectivity index (χ1v) is 5.05. The molecule has 0 saturated carbocycles. The third-order valence-electron chi connectivity index (χ3n) is 1.60. The smallest absolute Gasteiger partial charge is 0.250 e. The van der Waals surface area contributed by atoms with Crippen LogP contribution in [0.25, 0.3) is 0 Å². The number of nitrogens with zero attached hydrogens (tertiary/aromatic N) is 1. The number of carbonyl (C=O) groups is 1. The van der Waals surface area contributed by atoms with Crippen molar-refractivity contribution in [2.75, 3.05) is 6.61 Å². The van der Waals surface area contributed by atoms with E-state index in [1.165, 1.54) is 18.0 Å². The highest BCUT2D eigenvalue weighted by atomic mass is 32.2. The van der Waals surface area contributed by atoms with Gasteiger partial charge in [0.15, 0.2) is 0 Å². The van der Waals surface area contributed by atoms with Crippen molar-refractivity contribution in [2.24, 2.45) is 5.73 Å². The molecule has 1 rings (SSSR count). The number of primary amides is 1. The SMILES string of the molecule is CC(CO)Sc1ccc(C(N)=O)cn1. The van der Waals surface area contributed by atoms with E-state index < -0.39 is 5.91 Å². The quantitative estimate of drug-likeness (QED) is 0.719. The molecule has 14 heavy (non-hydrogen) atoms. The second-order valence-corrected chi connectivity index (χ2v) is 4.32. The summed E-state index contributed by atoms with van der Waals surface area (Å²) in [7, 11) is 0. The predicted molar refractivity (Wildman–Crippen MR) is 55.2 cm³/mol. The Labute approximate surface area is 86.5 Å². The molecule has 1 aromatic rings. The number of aromatic nitrogens is 1. The molecule has 5 heteroatoms. The molecule has 0 radical (unpaired) electrons. The van der Waals surface area contributed by atoms with Crippen molar-refractivity contribution in [3.63, 3.8) is 0 Å². The van der Waals surface area contributed by atoms with Gasteiger partial charge in [-0.25, -0.2) is 4.98 Å². The van der Waals surface area contributed by atoms with E-state index in [1.807, 2.05) is 6.92 Å². The third kappa shape index (κ3) is 3.01. The molecule has 4 nitrogen and oxygen atoms in total. The Kier molecular flexibility index (Phi) is 3.91. The van der Waals surface area contributed by atoms with Crippen molar-refractivity contribution in [1.29, 1.82) is 0 Å². The van der Waals surface area contributed by atoms with Crippen molar-refractivity contribution < 1.29 is 9.90 Å². The van der Waals surface area contributed by atoms with Crippen LogP contribution in [-0.2, 0) is 0 Å². The minimum Gasteiger partial charge on any atom is -0.395 e. The summed E-state index contributed by atoms with van der Waals surface area (Å²) in [6, 6.07) is 3.35. The van der Waals surface area contributed by atoms with Gasteiger partial charge in [0, 0.05) is 11.4 Å². The van der Waals surface area contributed by atoms with Crippen LogP contribution >= 0.6 is 11.8 Å². The highest BCUT2D eigenvalue weighted by molar-refractivity contribution is 7.99. The van der Waals surface area contributed by atoms with Crippen LogP contribution in [0.15, 0.2) is 23.4 Å². The van der Waals surface area contributed by atoms with Crippen LogP contribution in [0.5, 0.6) is 0 Å². The summed E-state index contributed by atoms with van der Waals surface area (Å²) in [5.41, 5.74) is 5.46. The van der Waals surface area contributed by atoms with Gasteiger partial charge in [0.25, 0.3) is 0 Å². The average molecular weight is 212 g/mol. The number of hydrogen-bond donors (Lipinski definition) is 2. The van der Waals surface area contributed by atoms with Crippen molar-refractivity contribution in [1.82, 2.24) is 4.98 Å². The lowest BCUT2D eigenvalue weighted by Crippen LogP contribution is -2.11. The maximum atomic E-state index is 10.7. The summed E-state index contributed by atoms with van der Waals surface area (Å²) in [5, 5.41) is 9.69. The second-order valence-electron chi connectivity index (χ2n) is 2.86. The molecular weight excluding hydrogens is 200 g/mol. The number of pyridine rings is 1. The zero-order valence-corrected chi connectivity index (χ0v) is 8.62. The van der Waals surface area contributed by atoms with Crippen LogP contribution in [0.3, 0.4) is 0 Å². The molecule has 76 valence electrons. The Morgan fingerprint density at radius 2 is 2.43 bits per heavy atom. The summed E-state index contributed by atoms with van der Waals surface area (Å²) in [5.74, 6) is -0.482. The van der Waals surface area contributed by atoms with Gasteiger partial charge in [-0.05, 0) is 12.1 Å². The van der Waals surface area contributed by atoms with E-state index in [-0.39, 0.29) is 11.9 Å². The molecule has 1 amide bonds. The fourth-order valence-electron chi connectivity index (χ4n) is 0.839. The Bertz CT molecular complexity index is 313. The lowest BCUT2D eigenvalue weighted by molar-refractivity contribution is 0.1000. The van der Waals surface area contributed by atoms with E-state index in [0.717, 1.165) is 5.03 Å². The van der Waals surface area contributed by atoms with E-state index in [9.17, 15) is 4.79 Å². The number of aliphatic hydroxyl groups excluding tert-OH is 1. The van der Waals surface area contributed by atoms with Gasteiger partial charge in [-0.3, -0.25) is 4.79 Å². The van der Waals surface area contributed by atoms with Gasteiger partial charge in [0.1, 0.15) is 0 Å². The van der Waals surface area contributed by atoms with Gasteiger partial charge in [-0.15, -0.1) is 11.8 Å². The molecule has 1 unspecified atom stereocenters. The Morgan fingerprint density at radius 3 is 2.86 bits per heavy atom. The van der Waals surface area contributed by atoms with Crippen LogP contribution in [-0.4, -0.2) is 27.9 Å². The predicted octanol–water partition coefficient (Wildman–Crippen LogP) is 0.653. The molecule has 0 saturated heterocycles. The topological polar surface area (TPSA) is 76.2 Å². The first kappa shape index (κ1) is 11.0. The average Bonchev–Trinajstić information content (AvgIpc) is 2.18. The Balaban J connectivity index is 2.68. The van der Waals surface area contributed by atoms with E-state index in [2.05, 4.69) is 4.98 Å². The number of nitrogens with two attached hydrogens (primary N) is 1. The summed E-state index contributed by atoms with van der Waals surface area (Å²) in [6.45, 7) is 2.00. The first-order chi connectivity index (χ1) is 6.63. The zero-order valence-electron chi connectivity index (χ0n) is 7.80. The van der Waals surface area contributed by atoms with Crippen LogP contribution in [0.1, 0.15) is 17.3 Å². The normalized spacial score (nSPS) is 12.4. The second kappa shape index (κ2) is 4.97. The molecule has 0 bridgehead atoms. The lowest BCUT2D eigenvalue weighted by atomic mass is 10.3. The van der Waals surface area contributed by atoms with E-state index in [0.29, 0.717) is 5.56 Å². The van der Waals surface area contributed by atoms with Gasteiger partial charge in [-0.2, -0.15) is 0 Å². The fraction of sp³-hybridized carbons (Fsp3) is 0.333. The molecule has 0 aromatic carbocycles. The maximum absolute atomic E-state index is 10.7. The minimum absolute atomic E-state index is 0.0990. The number of thioether (sulfide) groups is 1. The highest BCUT2D eigenvalue weighted by Crippen LogP contribution is 2.20. The minimum atomic E-state index is -0.482. The number of hydrogen-bond acceptors (Lipinski definition) is 4. The third-order valence-corrected chi connectivity index (χ3v) is 2.63. The standard InChI is InChI=1S/C9H12N2O2S/c1-6(5-12)14-8-3-2-7(4-11-8)9(10)13/h2-4,6,12H,5H2,1H3,(H2,10,13). The Hall–Kier alpha value is -1.07. The molecule has 0 aliphatic heterocycles. The molecule has 0 spiro atoms. The molecule has 0 aliphatic carbocycles. The molecule has 3 N–H and O–H groups in total. The van der Waals surface area contributed by atoms with Crippen LogP contribution < -0.4 is 5.73 Å². The van der Waals surface area contributed by atoms with Gasteiger partial charge >= 0.3 is 0 Å². The van der Waals surface area contributed by atoms with E-state index in [1.54, 1.807) is 12.1 Å². The fourth-order valence-corrected chi connectivity index (χ4v) is 1.59. The van der Waals surface area contributed by atoms with Crippen LogP contribution in [0.4, 0.5) is 0 Å². The number of amides is 1. The van der Waals surface area contributed by atoms with Crippen molar-refractivity contribution in [2.45, 2.75) is 17.2 Å². The van der Waals surface area contributed by atoms with Crippen LogP contribution in [0.2, 0.25) is 0 Å². The summed E-state index contributed by atoms with van der Waals surface area (Å²) in [4.78, 5) is 14.8. The molecule has 1 heterocycles. The zero-order chi connectivity index (χ0) is 10.6. The number of rotatable bonds is 4. The summed E-state index contributed by atoms with van der Waals surface area (Å²) < 4.78 is 0. The lowest BCUT2D eigenvalue weighted by Gasteiger charge is -2.06. The van der Waals surface area contributed by atoms with Gasteiger partial charge in [-0.1, -0.05) is 6.92 Å². The van der Waals surface area contributed by atoms with Crippen LogP contribution in [0, 0.1) is 0 Å². The molecule has 0 aliphatic rings. The van der Waals surface area contributed by atoms with Gasteiger partial charge in [0.05, 0.1) is 17.2 Å². The summed E-state index contributed by atoms with van der Waals surface area (Å²) >= 11 is 1.45. The first-order valence-electron chi connectivity index (χ1n) is 4.17. The molecular formula is C9H12N2O2S. The van der Waals surface area contributed by atoms with Crippen molar-refractivity contribution in [3.05, 3.63) is 23.9 Å². The van der Waals surface area contributed by atoms with Crippen molar-refractivity contribution in [3.8, 4) is 0 Å². The molecule has 1 aromatic heterocycles.